The fourth-order valence-corrected chi connectivity index (χ4v) is 6.58. The molecule has 0 bridgehead atoms. The summed E-state index contributed by atoms with van der Waals surface area (Å²) in [6.45, 7) is 4.05. The third kappa shape index (κ3) is 6.30. The summed E-state index contributed by atoms with van der Waals surface area (Å²) in [5, 5.41) is 2.96. The van der Waals surface area contributed by atoms with Crippen LogP contribution in [-0.2, 0) is 20.6 Å². The van der Waals surface area contributed by atoms with Crippen molar-refractivity contribution in [1.82, 2.24) is 9.21 Å². The average Bonchev–Trinajstić information content (AvgIpc) is 3.15. The fourth-order valence-electron chi connectivity index (χ4n) is 4.91. The van der Waals surface area contributed by atoms with E-state index in [1.807, 2.05) is 48.2 Å². The summed E-state index contributed by atoms with van der Waals surface area (Å²) in [5.74, 6) is -0.513. The van der Waals surface area contributed by atoms with E-state index in [9.17, 15) is 18.0 Å². The molecule has 2 aromatic carbocycles. The molecule has 2 heterocycles. The van der Waals surface area contributed by atoms with Crippen molar-refractivity contribution >= 4 is 27.5 Å². The summed E-state index contributed by atoms with van der Waals surface area (Å²) in [5.41, 5.74) is 2.80. The minimum Gasteiger partial charge on any atom is -0.339 e. The van der Waals surface area contributed by atoms with Gasteiger partial charge in [-0.2, -0.15) is 0 Å². The van der Waals surface area contributed by atoms with Gasteiger partial charge >= 0.3 is 0 Å². The maximum absolute atomic E-state index is 13.2. The number of sulfonamides is 1. The molecule has 0 aromatic heterocycles. The number of carbonyl (C=O) groups excluding carboxylic acids is 2. The normalized spacial score (nSPS) is 18.1. The zero-order valence-electron chi connectivity index (χ0n) is 20.4. The highest BCUT2D eigenvalue weighted by Gasteiger charge is 2.32. The first-order valence-electron chi connectivity index (χ1n) is 12.6. The van der Waals surface area contributed by atoms with Gasteiger partial charge in [0.05, 0.1) is 17.0 Å². The van der Waals surface area contributed by atoms with Crippen LogP contribution >= 0.6 is 0 Å². The molecule has 2 aliphatic rings. The first kappa shape index (κ1) is 25.4. The van der Waals surface area contributed by atoms with E-state index in [2.05, 4.69) is 5.32 Å². The predicted octanol–water partition coefficient (Wildman–Crippen LogP) is 4.19. The van der Waals surface area contributed by atoms with E-state index in [1.165, 1.54) is 4.31 Å². The van der Waals surface area contributed by atoms with Crippen molar-refractivity contribution in [3.8, 4) is 0 Å². The molecule has 7 nitrogen and oxygen atoms in total. The van der Waals surface area contributed by atoms with Gasteiger partial charge in [-0.1, -0.05) is 49.2 Å². The number of aryl methyl sites for hydroxylation is 1. The van der Waals surface area contributed by atoms with Gasteiger partial charge in [0.25, 0.3) is 5.91 Å². The number of amides is 2. The Bertz CT molecular complexity index is 1150. The van der Waals surface area contributed by atoms with E-state index in [1.54, 1.807) is 12.1 Å². The van der Waals surface area contributed by atoms with Crippen molar-refractivity contribution in [3.05, 3.63) is 65.2 Å². The Hall–Kier alpha value is -2.71. The molecule has 0 unspecified atom stereocenters. The predicted molar refractivity (Wildman–Crippen MR) is 138 cm³/mol. The molecule has 8 heteroatoms. The van der Waals surface area contributed by atoms with Crippen LogP contribution in [0.1, 0.15) is 60.0 Å². The number of benzene rings is 2. The van der Waals surface area contributed by atoms with Crippen LogP contribution in [-0.4, -0.2) is 55.6 Å². The number of nitrogens with one attached hydrogen (secondary N) is 1. The smallest absolute Gasteiger partial charge is 0.255 e. The zero-order chi connectivity index (χ0) is 24.8. The fraction of sp³-hybridized carbons (Fsp3) is 0.481. The van der Waals surface area contributed by atoms with Gasteiger partial charge in [0.1, 0.15) is 0 Å². The number of likely N-dealkylation sites (tertiary alicyclic amines) is 1. The van der Waals surface area contributed by atoms with E-state index in [0.717, 1.165) is 49.9 Å². The lowest BCUT2D eigenvalue weighted by Crippen LogP contribution is -2.42. The molecule has 0 radical (unpaired) electrons. The van der Waals surface area contributed by atoms with Gasteiger partial charge in [-0.25, -0.2) is 12.7 Å². The maximum atomic E-state index is 13.2. The van der Waals surface area contributed by atoms with Crippen LogP contribution in [0.5, 0.6) is 0 Å². The van der Waals surface area contributed by atoms with Gasteiger partial charge in [0.15, 0.2) is 0 Å². The van der Waals surface area contributed by atoms with Gasteiger partial charge in [0, 0.05) is 32.1 Å². The van der Waals surface area contributed by atoms with Crippen molar-refractivity contribution in [2.45, 2.75) is 51.2 Å². The lowest BCUT2D eigenvalue weighted by Gasteiger charge is -2.31. The molecule has 4 rings (SSSR count). The first-order chi connectivity index (χ1) is 16.8. The molecule has 2 amide bonds. The number of hydrogen-bond donors (Lipinski definition) is 1. The van der Waals surface area contributed by atoms with Crippen LogP contribution in [0.3, 0.4) is 0 Å². The molecular weight excluding hydrogens is 462 g/mol. The molecule has 2 saturated heterocycles. The Morgan fingerprint density at radius 3 is 2.20 bits per heavy atom. The molecule has 1 N–H and O–H groups in total. The number of piperidine rings is 1. The molecule has 188 valence electrons. The number of carbonyl (C=O) groups is 2. The van der Waals surface area contributed by atoms with Crippen LogP contribution < -0.4 is 5.32 Å². The van der Waals surface area contributed by atoms with Gasteiger partial charge < -0.3 is 10.2 Å². The van der Waals surface area contributed by atoms with Crippen LogP contribution in [0.2, 0.25) is 0 Å². The topological polar surface area (TPSA) is 86.8 Å². The lowest BCUT2D eigenvalue weighted by atomic mass is 9.97. The Morgan fingerprint density at radius 2 is 1.51 bits per heavy atom. The summed E-state index contributed by atoms with van der Waals surface area (Å²) >= 11 is 0. The van der Waals surface area contributed by atoms with Crippen molar-refractivity contribution in [1.29, 1.82) is 0 Å². The number of nitrogens with zero attached hydrogens (tertiary/aromatic N) is 2. The van der Waals surface area contributed by atoms with E-state index in [0.29, 0.717) is 37.2 Å². The summed E-state index contributed by atoms with van der Waals surface area (Å²) < 4.78 is 27.4. The molecule has 0 aliphatic carbocycles. The van der Waals surface area contributed by atoms with Crippen molar-refractivity contribution < 1.29 is 18.0 Å². The number of hydrogen-bond acceptors (Lipinski definition) is 4. The summed E-state index contributed by atoms with van der Waals surface area (Å²) in [6, 6.07) is 14.7. The SMILES string of the molecule is Cc1ccccc1CS(=O)(=O)N1CCC(C(=O)Nc2ccccc2C(=O)N2CCCCCC2)CC1. The molecule has 2 aliphatic heterocycles. The highest BCUT2D eigenvalue weighted by Crippen LogP contribution is 2.25. The Kier molecular flexibility index (Phi) is 8.23. The van der Waals surface area contributed by atoms with Crippen molar-refractivity contribution in [3.63, 3.8) is 0 Å². The van der Waals surface area contributed by atoms with Crippen LogP contribution in [0.4, 0.5) is 5.69 Å². The molecule has 0 saturated carbocycles. The van der Waals surface area contributed by atoms with Crippen LogP contribution in [0.25, 0.3) is 0 Å². The highest BCUT2D eigenvalue weighted by molar-refractivity contribution is 7.88. The molecule has 0 spiro atoms. The lowest BCUT2D eigenvalue weighted by molar-refractivity contribution is -0.120. The van der Waals surface area contributed by atoms with Gasteiger partial charge in [0.2, 0.25) is 15.9 Å². The number of para-hydroxylation sites is 1. The molecule has 0 atom stereocenters. The monoisotopic (exact) mass is 497 g/mol. The van der Waals surface area contributed by atoms with Crippen molar-refractivity contribution in [2.24, 2.45) is 5.92 Å². The Balaban J connectivity index is 1.36. The molecule has 35 heavy (non-hydrogen) atoms. The minimum atomic E-state index is -3.45. The van der Waals surface area contributed by atoms with E-state index < -0.39 is 10.0 Å². The van der Waals surface area contributed by atoms with Gasteiger partial charge in [-0.15, -0.1) is 0 Å². The second kappa shape index (κ2) is 11.4. The molecule has 2 fully saturated rings. The van der Waals surface area contributed by atoms with Crippen molar-refractivity contribution in [2.75, 3.05) is 31.5 Å². The Labute approximate surface area is 208 Å². The molecular formula is C27H35N3O4S. The van der Waals surface area contributed by atoms with Crippen LogP contribution in [0.15, 0.2) is 48.5 Å². The maximum Gasteiger partial charge on any atom is 0.255 e. The number of rotatable bonds is 6. The van der Waals surface area contributed by atoms with Crippen LogP contribution in [0, 0.1) is 12.8 Å². The van der Waals surface area contributed by atoms with Gasteiger partial charge in [-0.05, 0) is 55.9 Å². The largest absolute Gasteiger partial charge is 0.339 e. The van der Waals surface area contributed by atoms with Gasteiger partial charge in [-0.3, -0.25) is 9.59 Å². The Morgan fingerprint density at radius 1 is 0.886 bits per heavy atom. The van der Waals surface area contributed by atoms with E-state index >= 15 is 0 Å². The first-order valence-corrected chi connectivity index (χ1v) is 14.2. The third-order valence-corrected chi connectivity index (χ3v) is 8.95. The quantitative estimate of drug-likeness (QED) is 0.648. The second-order valence-electron chi connectivity index (χ2n) is 9.60. The number of anilines is 1. The second-order valence-corrected chi connectivity index (χ2v) is 11.6. The third-order valence-electron chi connectivity index (χ3n) is 7.13. The minimum absolute atomic E-state index is 0.0253. The highest BCUT2D eigenvalue weighted by atomic mass is 32.2. The average molecular weight is 498 g/mol. The standard InChI is InChI=1S/C27H35N3O4S/c1-21-10-4-5-11-23(21)20-35(33,34)30-18-14-22(15-19-30)26(31)28-25-13-7-6-12-24(25)27(32)29-16-8-2-3-9-17-29/h4-7,10-13,22H,2-3,8-9,14-20H2,1H3,(H,28,31). The summed E-state index contributed by atoms with van der Waals surface area (Å²) in [4.78, 5) is 28.1. The molecule has 2 aromatic rings. The summed E-state index contributed by atoms with van der Waals surface area (Å²) in [6.07, 6.45) is 5.21. The van der Waals surface area contributed by atoms with E-state index in [4.69, 9.17) is 0 Å². The van der Waals surface area contributed by atoms with E-state index in [-0.39, 0.29) is 23.5 Å². The summed E-state index contributed by atoms with van der Waals surface area (Å²) in [7, 11) is -3.45. The zero-order valence-corrected chi connectivity index (χ0v) is 21.2.